The van der Waals surface area contributed by atoms with Crippen LogP contribution in [0.25, 0.3) is 11.4 Å². The Morgan fingerprint density at radius 1 is 1.04 bits per heavy atom. The Morgan fingerprint density at radius 3 is 2.48 bits per heavy atom. The summed E-state index contributed by atoms with van der Waals surface area (Å²) in [5.41, 5.74) is 2.04. The lowest BCUT2D eigenvalue weighted by Gasteiger charge is -2.11. The van der Waals surface area contributed by atoms with Crippen LogP contribution in [0.2, 0.25) is 0 Å². The lowest BCUT2D eigenvalue weighted by Crippen LogP contribution is -2.12. The van der Waals surface area contributed by atoms with E-state index < -0.39 is 0 Å². The molecule has 0 saturated carbocycles. The van der Waals surface area contributed by atoms with Crippen molar-refractivity contribution in [2.24, 2.45) is 0 Å². The first kappa shape index (κ1) is 15.4. The molecular formula is C17H18N4OS. The van der Waals surface area contributed by atoms with E-state index in [1.54, 1.807) is 18.9 Å². The molecule has 0 aliphatic heterocycles. The number of aromatic nitrogens is 3. The second-order valence-corrected chi connectivity index (χ2v) is 6.36. The van der Waals surface area contributed by atoms with Gasteiger partial charge in [-0.1, -0.05) is 54.2 Å². The summed E-state index contributed by atoms with van der Waals surface area (Å²) in [7, 11) is 1.63. The summed E-state index contributed by atoms with van der Waals surface area (Å²) in [5.74, 6) is 7.51. The van der Waals surface area contributed by atoms with Crippen molar-refractivity contribution in [3.8, 4) is 17.1 Å². The quantitative estimate of drug-likeness (QED) is 0.574. The smallest absolute Gasteiger partial charge is 0.210 e. The summed E-state index contributed by atoms with van der Waals surface area (Å²) in [5, 5.41) is 9.36. The Morgan fingerprint density at radius 2 is 1.74 bits per heavy atom. The minimum atomic E-state index is 0.230. The zero-order chi connectivity index (χ0) is 16.2. The molecule has 0 amide bonds. The molecule has 2 aromatic carbocycles. The lowest BCUT2D eigenvalue weighted by molar-refractivity contribution is 0.416. The maximum absolute atomic E-state index is 6.20. The predicted molar refractivity (Wildman–Crippen MR) is 92.9 cm³/mol. The molecule has 2 N–H and O–H groups in total. The number of ether oxygens (including phenoxy) is 1. The molecule has 0 bridgehead atoms. The molecule has 1 heterocycles. The Bertz CT molecular complexity index is 788. The van der Waals surface area contributed by atoms with Gasteiger partial charge >= 0.3 is 0 Å². The van der Waals surface area contributed by atoms with E-state index in [2.05, 4.69) is 29.3 Å². The van der Waals surface area contributed by atoms with Gasteiger partial charge < -0.3 is 10.6 Å². The van der Waals surface area contributed by atoms with Gasteiger partial charge in [0.25, 0.3) is 0 Å². The average molecular weight is 326 g/mol. The normalized spacial score (nSPS) is 12.1. The van der Waals surface area contributed by atoms with Crippen molar-refractivity contribution in [2.45, 2.75) is 17.3 Å². The highest BCUT2D eigenvalue weighted by molar-refractivity contribution is 7.99. The third-order valence-electron chi connectivity index (χ3n) is 3.56. The standard InChI is InChI=1S/C17H18N4OS/c1-12(13-8-4-3-5-9-13)23-17-20-19-16(21(17)18)14-10-6-7-11-15(14)22-2/h3-12H,18H2,1-2H3. The third kappa shape index (κ3) is 3.17. The number of para-hydroxylation sites is 1. The average Bonchev–Trinajstić information content (AvgIpc) is 2.96. The third-order valence-corrected chi connectivity index (χ3v) is 4.68. The van der Waals surface area contributed by atoms with Gasteiger partial charge in [-0.3, -0.25) is 0 Å². The topological polar surface area (TPSA) is 66.0 Å². The molecule has 0 aliphatic carbocycles. The molecule has 5 nitrogen and oxygen atoms in total. The van der Waals surface area contributed by atoms with Gasteiger partial charge in [0.2, 0.25) is 5.16 Å². The van der Waals surface area contributed by atoms with Crippen LogP contribution in [0.5, 0.6) is 5.75 Å². The van der Waals surface area contributed by atoms with Crippen LogP contribution in [-0.2, 0) is 0 Å². The number of benzene rings is 2. The van der Waals surface area contributed by atoms with Crippen molar-refractivity contribution in [1.29, 1.82) is 0 Å². The highest BCUT2D eigenvalue weighted by Crippen LogP contribution is 2.35. The Kier molecular flexibility index (Phi) is 4.52. The van der Waals surface area contributed by atoms with Crippen LogP contribution in [-0.4, -0.2) is 22.0 Å². The fraction of sp³-hybridized carbons (Fsp3) is 0.176. The van der Waals surface area contributed by atoms with Gasteiger partial charge in [-0.05, 0) is 24.6 Å². The summed E-state index contributed by atoms with van der Waals surface area (Å²) < 4.78 is 6.89. The molecule has 3 rings (SSSR count). The van der Waals surface area contributed by atoms with E-state index in [1.165, 1.54) is 10.2 Å². The lowest BCUT2D eigenvalue weighted by atomic mass is 10.2. The minimum Gasteiger partial charge on any atom is -0.496 e. The zero-order valence-corrected chi connectivity index (χ0v) is 13.8. The van der Waals surface area contributed by atoms with Crippen LogP contribution >= 0.6 is 11.8 Å². The molecule has 0 radical (unpaired) electrons. The van der Waals surface area contributed by atoms with E-state index in [9.17, 15) is 0 Å². The Balaban J connectivity index is 1.88. The molecule has 0 fully saturated rings. The second kappa shape index (κ2) is 6.75. The van der Waals surface area contributed by atoms with Crippen molar-refractivity contribution in [2.75, 3.05) is 13.0 Å². The summed E-state index contributed by atoms with van der Waals surface area (Å²) in [4.78, 5) is 0. The molecule has 1 unspecified atom stereocenters. The Labute approximate surface area is 139 Å². The van der Waals surface area contributed by atoms with Gasteiger partial charge in [-0.2, -0.15) is 0 Å². The van der Waals surface area contributed by atoms with Crippen molar-refractivity contribution in [3.05, 3.63) is 60.2 Å². The van der Waals surface area contributed by atoms with Gasteiger partial charge in [0.05, 0.1) is 12.7 Å². The number of methoxy groups -OCH3 is 1. The fourth-order valence-corrected chi connectivity index (χ4v) is 3.22. The number of nitrogen functional groups attached to an aromatic ring is 1. The van der Waals surface area contributed by atoms with E-state index >= 15 is 0 Å². The maximum atomic E-state index is 6.20. The van der Waals surface area contributed by atoms with Crippen LogP contribution in [0, 0.1) is 0 Å². The number of nitrogens with zero attached hydrogens (tertiary/aromatic N) is 3. The molecule has 3 aromatic rings. The SMILES string of the molecule is COc1ccccc1-c1nnc(SC(C)c2ccccc2)n1N. The molecule has 0 saturated heterocycles. The Hall–Kier alpha value is -2.47. The number of hydrogen-bond donors (Lipinski definition) is 1. The van der Waals surface area contributed by atoms with Gasteiger partial charge in [0.15, 0.2) is 5.82 Å². The molecule has 1 aromatic heterocycles. The molecule has 23 heavy (non-hydrogen) atoms. The van der Waals surface area contributed by atoms with E-state index in [4.69, 9.17) is 10.6 Å². The van der Waals surface area contributed by atoms with Crippen molar-refractivity contribution >= 4 is 11.8 Å². The highest BCUT2D eigenvalue weighted by Gasteiger charge is 2.18. The molecule has 0 aliphatic rings. The summed E-state index contributed by atoms with van der Waals surface area (Å²) in [6, 6.07) is 17.9. The van der Waals surface area contributed by atoms with Crippen molar-refractivity contribution in [3.63, 3.8) is 0 Å². The van der Waals surface area contributed by atoms with Crippen molar-refractivity contribution in [1.82, 2.24) is 14.9 Å². The fourth-order valence-electron chi connectivity index (χ4n) is 2.32. The predicted octanol–water partition coefficient (Wildman–Crippen LogP) is 3.52. The highest BCUT2D eigenvalue weighted by atomic mass is 32.2. The van der Waals surface area contributed by atoms with Crippen LogP contribution < -0.4 is 10.6 Å². The van der Waals surface area contributed by atoms with Crippen LogP contribution in [0.4, 0.5) is 0 Å². The van der Waals surface area contributed by atoms with Crippen LogP contribution in [0.3, 0.4) is 0 Å². The van der Waals surface area contributed by atoms with Gasteiger partial charge in [0.1, 0.15) is 5.75 Å². The van der Waals surface area contributed by atoms with E-state index in [0.29, 0.717) is 11.0 Å². The largest absolute Gasteiger partial charge is 0.496 e. The van der Waals surface area contributed by atoms with Crippen molar-refractivity contribution < 1.29 is 4.74 Å². The van der Waals surface area contributed by atoms with Crippen LogP contribution in [0.1, 0.15) is 17.7 Å². The first-order chi connectivity index (χ1) is 11.2. The van der Waals surface area contributed by atoms with Crippen LogP contribution in [0.15, 0.2) is 59.8 Å². The van der Waals surface area contributed by atoms with E-state index in [-0.39, 0.29) is 5.25 Å². The monoisotopic (exact) mass is 326 g/mol. The zero-order valence-electron chi connectivity index (χ0n) is 13.0. The first-order valence-corrected chi connectivity index (χ1v) is 8.14. The van der Waals surface area contributed by atoms with Gasteiger partial charge in [0, 0.05) is 5.25 Å². The van der Waals surface area contributed by atoms with Gasteiger partial charge in [-0.25, -0.2) is 4.68 Å². The molecular weight excluding hydrogens is 308 g/mol. The number of nitrogens with two attached hydrogens (primary N) is 1. The number of rotatable bonds is 5. The number of hydrogen-bond acceptors (Lipinski definition) is 5. The maximum Gasteiger partial charge on any atom is 0.210 e. The summed E-state index contributed by atoms with van der Waals surface area (Å²) in [6.45, 7) is 2.12. The summed E-state index contributed by atoms with van der Waals surface area (Å²) >= 11 is 1.58. The van der Waals surface area contributed by atoms with E-state index in [1.807, 2.05) is 42.5 Å². The van der Waals surface area contributed by atoms with Gasteiger partial charge in [-0.15, -0.1) is 10.2 Å². The number of thioether (sulfide) groups is 1. The molecule has 0 spiro atoms. The summed E-state index contributed by atoms with van der Waals surface area (Å²) in [6.07, 6.45) is 0. The second-order valence-electron chi connectivity index (χ2n) is 5.05. The molecule has 6 heteroatoms. The van der Waals surface area contributed by atoms with E-state index in [0.717, 1.165) is 11.3 Å². The minimum absolute atomic E-state index is 0.230. The molecule has 118 valence electrons. The molecule has 1 atom stereocenters. The first-order valence-electron chi connectivity index (χ1n) is 7.26.